The Morgan fingerprint density at radius 3 is 2.72 bits per heavy atom. The SMILES string of the molecule is Cc1cc(CNC(=O)c2cc(C(=O)NC3CCC4C=C(C#N)C=CC43)ncn2)ccc1F. The highest BCUT2D eigenvalue weighted by Crippen LogP contribution is 2.37. The van der Waals surface area contributed by atoms with Gasteiger partial charge in [0.05, 0.1) is 6.07 Å². The standard InChI is InChI=1S/C24H22FN5O2/c1-14-8-16(3-6-19(14)25)12-27-23(31)21-10-22(29-13-28-21)24(32)30-20-7-4-17-9-15(11-26)2-5-18(17)20/h2-3,5-6,8-10,13,17-18,20H,4,7,12H2,1H3,(H,27,31)(H,30,32). The van der Waals surface area contributed by atoms with Crippen LogP contribution in [0.5, 0.6) is 0 Å². The Balaban J connectivity index is 1.38. The minimum atomic E-state index is -0.450. The fraction of sp³-hybridized carbons (Fsp3) is 0.292. The quantitative estimate of drug-likeness (QED) is 0.757. The van der Waals surface area contributed by atoms with Crippen molar-refractivity contribution in [1.82, 2.24) is 20.6 Å². The first-order valence-corrected chi connectivity index (χ1v) is 10.4. The lowest BCUT2D eigenvalue weighted by Crippen LogP contribution is -2.38. The Hall–Kier alpha value is -3.86. The van der Waals surface area contributed by atoms with E-state index in [2.05, 4.69) is 26.7 Å². The van der Waals surface area contributed by atoms with Gasteiger partial charge in [-0.2, -0.15) is 5.26 Å². The maximum atomic E-state index is 13.4. The van der Waals surface area contributed by atoms with Crippen LogP contribution in [0.1, 0.15) is 44.9 Å². The fourth-order valence-corrected chi connectivity index (χ4v) is 4.21. The second-order valence-corrected chi connectivity index (χ2v) is 8.05. The molecule has 2 N–H and O–H groups in total. The summed E-state index contributed by atoms with van der Waals surface area (Å²) in [5, 5.41) is 14.8. The first-order chi connectivity index (χ1) is 15.4. The highest BCUT2D eigenvalue weighted by molar-refractivity contribution is 5.97. The maximum absolute atomic E-state index is 13.4. The molecular weight excluding hydrogens is 409 g/mol. The number of aryl methyl sites for hydroxylation is 1. The summed E-state index contributed by atoms with van der Waals surface area (Å²) < 4.78 is 13.4. The number of hydrogen-bond acceptors (Lipinski definition) is 5. The molecule has 0 radical (unpaired) electrons. The van der Waals surface area contributed by atoms with Crippen LogP contribution in [0, 0.1) is 35.9 Å². The van der Waals surface area contributed by atoms with Gasteiger partial charge in [0, 0.05) is 30.1 Å². The van der Waals surface area contributed by atoms with Crippen LogP contribution in [0.15, 0.2) is 54.4 Å². The molecule has 2 aromatic rings. The van der Waals surface area contributed by atoms with Gasteiger partial charge in [0.1, 0.15) is 23.5 Å². The summed E-state index contributed by atoms with van der Waals surface area (Å²) in [6, 6.07) is 8.08. The molecule has 1 aromatic heterocycles. The number of nitriles is 1. The summed E-state index contributed by atoms with van der Waals surface area (Å²) in [7, 11) is 0. The summed E-state index contributed by atoms with van der Waals surface area (Å²) in [5.74, 6) is -0.745. The topological polar surface area (TPSA) is 108 Å². The molecule has 4 rings (SSSR count). The Morgan fingerprint density at radius 2 is 1.97 bits per heavy atom. The summed E-state index contributed by atoms with van der Waals surface area (Å²) in [6.45, 7) is 1.87. The number of carbonyl (C=O) groups is 2. The van der Waals surface area contributed by atoms with E-state index in [-0.39, 0.29) is 47.5 Å². The maximum Gasteiger partial charge on any atom is 0.270 e. The molecule has 32 heavy (non-hydrogen) atoms. The van der Waals surface area contributed by atoms with Gasteiger partial charge in [-0.1, -0.05) is 24.3 Å². The molecule has 2 amide bonds. The van der Waals surface area contributed by atoms with Gasteiger partial charge in [-0.25, -0.2) is 14.4 Å². The van der Waals surface area contributed by atoms with Crippen LogP contribution in [-0.2, 0) is 6.54 Å². The lowest BCUT2D eigenvalue weighted by molar-refractivity contribution is 0.0925. The van der Waals surface area contributed by atoms with Crippen LogP contribution in [0.25, 0.3) is 0 Å². The number of halogens is 1. The fourth-order valence-electron chi connectivity index (χ4n) is 4.21. The van der Waals surface area contributed by atoms with Crippen molar-refractivity contribution in [3.63, 3.8) is 0 Å². The second-order valence-electron chi connectivity index (χ2n) is 8.05. The third kappa shape index (κ3) is 4.57. The summed E-state index contributed by atoms with van der Waals surface area (Å²) in [6.07, 6.45) is 8.62. The van der Waals surface area contributed by atoms with Crippen LogP contribution < -0.4 is 10.6 Å². The van der Waals surface area contributed by atoms with E-state index in [9.17, 15) is 14.0 Å². The smallest absolute Gasteiger partial charge is 0.270 e. The van der Waals surface area contributed by atoms with Crippen molar-refractivity contribution in [2.24, 2.45) is 11.8 Å². The average Bonchev–Trinajstić information content (AvgIpc) is 3.21. The van der Waals surface area contributed by atoms with Gasteiger partial charge in [-0.15, -0.1) is 0 Å². The third-order valence-electron chi connectivity index (χ3n) is 5.92. The minimum absolute atomic E-state index is 0.0609. The zero-order chi connectivity index (χ0) is 22.7. The zero-order valence-corrected chi connectivity index (χ0v) is 17.5. The van der Waals surface area contributed by atoms with Gasteiger partial charge in [-0.05, 0) is 49.0 Å². The normalized spacial score (nSPS) is 21.3. The van der Waals surface area contributed by atoms with Crippen LogP contribution in [-0.4, -0.2) is 27.8 Å². The third-order valence-corrected chi connectivity index (χ3v) is 5.92. The summed E-state index contributed by atoms with van der Waals surface area (Å²) >= 11 is 0. The van der Waals surface area contributed by atoms with Gasteiger partial charge >= 0.3 is 0 Å². The molecule has 2 aliphatic carbocycles. The van der Waals surface area contributed by atoms with Crippen molar-refractivity contribution in [3.8, 4) is 6.07 Å². The molecular formula is C24H22FN5O2. The van der Waals surface area contributed by atoms with E-state index in [1.807, 2.05) is 12.2 Å². The number of rotatable bonds is 5. The molecule has 162 valence electrons. The predicted octanol–water partition coefficient (Wildman–Crippen LogP) is 3.00. The lowest BCUT2D eigenvalue weighted by Gasteiger charge is -2.23. The number of nitrogens with zero attached hydrogens (tertiary/aromatic N) is 3. The molecule has 0 saturated heterocycles. The molecule has 3 unspecified atom stereocenters. The predicted molar refractivity (Wildman–Crippen MR) is 115 cm³/mol. The molecule has 0 bridgehead atoms. The molecule has 3 atom stereocenters. The van der Waals surface area contributed by atoms with Crippen LogP contribution in [0.4, 0.5) is 4.39 Å². The number of fused-ring (bicyclic) bond motifs is 1. The van der Waals surface area contributed by atoms with E-state index in [1.54, 1.807) is 25.1 Å². The van der Waals surface area contributed by atoms with Crippen LogP contribution >= 0.6 is 0 Å². The van der Waals surface area contributed by atoms with Gasteiger partial charge in [0.25, 0.3) is 11.8 Å². The number of benzene rings is 1. The van der Waals surface area contributed by atoms with Crippen molar-refractivity contribution in [2.45, 2.75) is 32.4 Å². The van der Waals surface area contributed by atoms with Crippen molar-refractivity contribution < 1.29 is 14.0 Å². The van der Waals surface area contributed by atoms with Crippen molar-refractivity contribution >= 4 is 11.8 Å². The molecule has 1 fully saturated rings. The van der Waals surface area contributed by atoms with E-state index < -0.39 is 5.91 Å². The number of allylic oxidation sites excluding steroid dienone is 3. The van der Waals surface area contributed by atoms with Gasteiger partial charge in [0.2, 0.25) is 0 Å². The molecule has 7 nitrogen and oxygen atoms in total. The van der Waals surface area contributed by atoms with Gasteiger partial charge < -0.3 is 10.6 Å². The zero-order valence-electron chi connectivity index (χ0n) is 17.5. The Labute approximate surface area is 185 Å². The molecule has 2 aliphatic rings. The molecule has 0 aliphatic heterocycles. The van der Waals surface area contributed by atoms with Gasteiger partial charge in [0.15, 0.2) is 0 Å². The highest BCUT2D eigenvalue weighted by atomic mass is 19.1. The largest absolute Gasteiger partial charge is 0.347 e. The van der Waals surface area contributed by atoms with Crippen LogP contribution in [0.2, 0.25) is 0 Å². The van der Waals surface area contributed by atoms with Crippen molar-refractivity contribution in [3.05, 3.63) is 82.7 Å². The lowest BCUT2D eigenvalue weighted by atomic mass is 9.87. The van der Waals surface area contributed by atoms with Gasteiger partial charge in [-0.3, -0.25) is 9.59 Å². The molecule has 0 spiro atoms. The second kappa shape index (κ2) is 9.10. The molecule has 1 heterocycles. The van der Waals surface area contributed by atoms with E-state index >= 15 is 0 Å². The highest BCUT2D eigenvalue weighted by Gasteiger charge is 2.36. The Bertz CT molecular complexity index is 1170. The van der Waals surface area contributed by atoms with Crippen molar-refractivity contribution in [2.75, 3.05) is 0 Å². The monoisotopic (exact) mass is 431 g/mol. The summed E-state index contributed by atoms with van der Waals surface area (Å²) in [4.78, 5) is 33.2. The molecule has 1 saturated carbocycles. The first-order valence-electron chi connectivity index (χ1n) is 10.4. The molecule has 8 heteroatoms. The van der Waals surface area contributed by atoms with E-state index in [4.69, 9.17) is 5.26 Å². The Kier molecular flexibility index (Phi) is 6.08. The van der Waals surface area contributed by atoms with Crippen molar-refractivity contribution in [1.29, 1.82) is 5.26 Å². The molecule has 1 aromatic carbocycles. The Morgan fingerprint density at radius 1 is 1.19 bits per heavy atom. The number of nitrogens with one attached hydrogen (secondary N) is 2. The summed E-state index contributed by atoms with van der Waals surface area (Å²) in [5.41, 5.74) is 2.10. The van der Waals surface area contributed by atoms with E-state index in [1.165, 1.54) is 18.5 Å². The number of aromatic nitrogens is 2. The van der Waals surface area contributed by atoms with Crippen LogP contribution in [0.3, 0.4) is 0 Å². The van der Waals surface area contributed by atoms with E-state index in [0.29, 0.717) is 11.1 Å². The first kappa shape index (κ1) is 21.4. The minimum Gasteiger partial charge on any atom is -0.347 e. The number of amides is 2. The number of carbonyl (C=O) groups excluding carboxylic acids is 2. The number of hydrogen-bond donors (Lipinski definition) is 2. The average molecular weight is 431 g/mol. The van der Waals surface area contributed by atoms with E-state index in [0.717, 1.165) is 18.4 Å².